The van der Waals surface area contributed by atoms with Gasteiger partial charge in [0.1, 0.15) is 13.2 Å². The summed E-state index contributed by atoms with van der Waals surface area (Å²) in [5.74, 6) is 1.58. The number of hydrazone groups is 1. The first-order chi connectivity index (χ1) is 20.0. The van der Waals surface area contributed by atoms with E-state index >= 15 is 0 Å². The Morgan fingerprint density at radius 2 is 1.46 bits per heavy atom. The lowest BCUT2D eigenvalue weighted by atomic mass is 10.1. The summed E-state index contributed by atoms with van der Waals surface area (Å²) < 4.78 is 23.4. The van der Waals surface area contributed by atoms with Crippen molar-refractivity contribution < 1.29 is 23.7 Å². The minimum atomic E-state index is -0.397. The highest BCUT2D eigenvalue weighted by atomic mass is 35.5. The van der Waals surface area contributed by atoms with Crippen molar-refractivity contribution in [3.63, 3.8) is 0 Å². The highest BCUT2D eigenvalue weighted by Gasteiger charge is 2.14. The fourth-order valence-electron chi connectivity index (χ4n) is 3.91. The average Bonchev–Trinajstić information content (AvgIpc) is 2.98. The summed E-state index contributed by atoms with van der Waals surface area (Å²) in [6.07, 6.45) is 1.50. The number of amides is 1. The molecule has 7 nitrogen and oxygen atoms in total. The summed E-state index contributed by atoms with van der Waals surface area (Å²) >= 11 is 6.55. The molecule has 0 atom stereocenters. The molecule has 212 valence electrons. The Bertz CT molecular complexity index is 1470. The molecule has 1 N–H and O–H groups in total. The summed E-state index contributed by atoms with van der Waals surface area (Å²) in [7, 11) is 0. The second-order valence-corrected chi connectivity index (χ2v) is 9.51. The molecule has 0 aliphatic heterocycles. The predicted molar refractivity (Wildman–Crippen MR) is 162 cm³/mol. The van der Waals surface area contributed by atoms with Crippen LogP contribution in [0.4, 0.5) is 0 Å². The molecular weight excluding hydrogens is 540 g/mol. The van der Waals surface area contributed by atoms with Gasteiger partial charge >= 0.3 is 0 Å². The molecule has 0 heterocycles. The lowest BCUT2D eigenvalue weighted by Crippen LogP contribution is -2.17. The van der Waals surface area contributed by atoms with Gasteiger partial charge < -0.3 is 18.9 Å². The van der Waals surface area contributed by atoms with Crippen LogP contribution in [0.5, 0.6) is 23.0 Å². The van der Waals surface area contributed by atoms with Crippen LogP contribution in [0.15, 0.2) is 90.0 Å². The van der Waals surface area contributed by atoms with Gasteiger partial charge in [-0.1, -0.05) is 71.8 Å². The average molecular weight is 573 g/mol. The minimum absolute atomic E-state index is 0.351. The number of hydrogen-bond acceptors (Lipinski definition) is 6. The molecule has 0 bridgehead atoms. The first-order valence-corrected chi connectivity index (χ1v) is 13.8. The van der Waals surface area contributed by atoms with E-state index in [0.29, 0.717) is 65.6 Å². The van der Waals surface area contributed by atoms with Gasteiger partial charge in [-0.3, -0.25) is 4.79 Å². The maximum atomic E-state index is 12.8. The highest BCUT2D eigenvalue weighted by Crippen LogP contribution is 2.37. The summed E-state index contributed by atoms with van der Waals surface area (Å²) in [6, 6.07) is 26.4. The number of ether oxygens (including phenoxy) is 4. The summed E-state index contributed by atoms with van der Waals surface area (Å²) in [6.45, 7) is 7.39. The van der Waals surface area contributed by atoms with Gasteiger partial charge in [-0.15, -0.1) is 0 Å². The van der Waals surface area contributed by atoms with E-state index in [1.165, 1.54) is 11.8 Å². The van der Waals surface area contributed by atoms with Gasteiger partial charge in [0.15, 0.2) is 23.0 Å². The molecule has 0 fully saturated rings. The van der Waals surface area contributed by atoms with Crippen molar-refractivity contribution in [2.24, 2.45) is 5.10 Å². The zero-order valence-corrected chi connectivity index (χ0v) is 24.1. The molecule has 8 heteroatoms. The zero-order valence-electron chi connectivity index (χ0n) is 23.4. The maximum Gasteiger partial charge on any atom is 0.271 e. The summed E-state index contributed by atoms with van der Waals surface area (Å²) in [4.78, 5) is 12.8. The predicted octanol–water partition coefficient (Wildman–Crippen LogP) is 7.37. The van der Waals surface area contributed by atoms with Crippen LogP contribution in [0, 0.1) is 6.92 Å². The molecular formula is C33H33ClN2O5. The van der Waals surface area contributed by atoms with Crippen molar-refractivity contribution in [2.75, 3.05) is 13.2 Å². The van der Waals surface area contributed by atoms with Gasteiger partial charge in [0.05, 0.1) is 24.5 Å². The van der Waals surface area contributed by atoms with Gasteiger partial charge in [0.2, 0.25) is 0 Å². The summed E-state index contributed by atoms with van der Waals surface area (Å²) in [5.41, 5.74) is 6.80. The number of aryl methyl sites for hydroxylation is 1. The third kappa shape index (κ3) is 8.50. The van der Waals surface area contributed by atoms with Crippen LogP contribution < -0.4 is 24.4 Å². The molecule has 0 radical (unpaired) electrons. The van der Waals surface area contributed by atoms with Crippen LogP contribution in [0.1, 0.15) is 46.5 Å². The van der Waals surface area contributed by atoms with E-state index in [-0.39, 0.29) is 0 Å². The van der Waals surface area contributed by atoms with Crippen molar-refractivity contribution in [3.8, 4) is 23.0 Å². The van der Waals surface area contributed by atoms with Crippen molar-refractivity contribution in [1.82, 2.24) is 5.43 Å². The Hall–Kier alpha value is -4.49. The van der Waals surface area contributed by atoms with Crippen molar-refractivity contribution in [1.29, 1.82) is 0 Å². The number of benzene rings is 4. The number of carbonyl (C=O) groups is 1. The second kappa shape index (κ2) is 14.8. The van der Waals surface area contributed by atoms with Gasteiger partial charge in [0.25, 0.3) is 5.91 Å². The first-order valence-electron chi connectivity index (χ1n) is 13.4. The Balaban J connectivity index is 1.42. The van der Waals surface area contributed by atoms with Gasteiger partial charge in [-0.2, -0.15) is 5.10 Å². The Morgan fingerprint density at radius 3 is 2.20 bits per heavy atom. The number of carbonyl (C=O) groups excluding carboxylic acids is 1. The molecule has 0 spiro atoms. The Kier molecular flexibility index (Phi) is 10.6. The van der Waals surface area contributed by atoms with Crippen LogP contribution in [-0.4, -0.2) is 25.3 Å². The van der Waals surface area contributed by atoms with Crippen LogP contribution >= 0.6 is 11.6 Å². The molecule has 0 aromatic heterocycles. The first kappa shape index (κ1) is 29.5. The van der Waals surface area contributed by atoms with E-state index in [1.807, 2.05) is 75.4 Å². The fraction of sp³-hybridized carbons (Fsp3) is 0.212. The lowest BCUT2D eigenvalue weighted by molar-refractivity contribution is 0.0954. The van der Waals surface area contributed by atoms with Gasteiger partial charge in [-0.05, 0) is 67.8 Å². The van der Waals surface area contributed by atoms with E-state index in [1.54, 1.807) is 30.3 Å². The molecule has 0 saturated heterocycles. The fourth-order valence-corrected chi connectivity index (χ4v) is 4.18. The maximum absolute atomic E-state index is 12.8. The smallest absolute Gasteiger partial charge is 0.271 e. The van der Waals surface area contributed by atoms with Crippen LogP contribution in [-0.2, 0) is 13.2 Å². The number of rotatable bonds is 13. The molecule has 0 aliphatic carbocycles. The molecule has 41 heavy (non-hydrogen) atoms. The van der Waals surface area contributed by atoms with E-state index in [9.17, 15) is 4.79 Å². The Morgan fingerprint density at radius 1 is 0.780 bits per heavy atom. The van der Waals surface area contributed by atoms with Crippen molar-refractivity contribution >= 4 is 23.7 Å². The van der Waals surface area contributed by atoms with Gasteiger partial charge in [-0.25, -0.2) is 5.43 Å². The molecule has 1 amide bonds. The van der Waals surface area contributed by atoms with Crippen LogP contribution in [0.3, 0.4) is 0 Å². The monoisotopic (exact) mass is 572 g/mol. The molecule has 0 saturated carbocycles. The third-order valence-corrected chi connectivity index (χ3v) is 6.24. The topological polar surface area (TPSA) is 78.4 Å². The van der Waals surface area contributed by atoms with Crippen molar-refractivity contribution in [2.45, 2.75) is 34.0 Å². The molecule has 4 aromatic rings. The van der Waals surface area contributed by atoms with Crippen LogP contribution in [0.2, 0.25) is 5.02 Å². The highest BCUT2D eigenvalue weighted by molar-refractivity contribution is 6.32. The SMILES string of the molecule is CCOc1cc(C(=O)N/N=C/c2cc(Cl)c(OCc3ccc(C)cc3)c(OCC)c2)ccc1OCc1ccccc1. The number of nitrogens with zero attached hydrogens (tertiary/aromatic N) is 1. The quantitative estimate of drug-likeness (QED) is 0.134. The standard InChI is InChI=1S/C33H33ClN2O5/c1-4-38-30-19-27(15-16-29(30)40-21-24-9-7-6-8-10-24)33(37)36-35-20-26-17-28(34)32(31(18-26)39-5-2)41-22-25-13-11-23(3)12-14-25/h6-20H,4-5,21-22H2,1-3H3,(H,36,37)/b35-20+. The second-order valence-electron chi connectivity index (χ2n) is 9.11. The minimum Gasteiger partial charge on any atom is -0.490 e. The van der Waals surface area contributed by atoms with E-state index in [4.69, 9.17) is 30.5 Å². The molecule has 4 rings (SSSR count). The van der Waals surface area contributed by atoms with E-state index in [0.717, 1.165) is 11.1 Å². The number of nitrogens with one attached hydrogen (secondary N) is 1. The summed E-state index contributed by atoms with van der Waals surface area (Å²) in [5, 5.41) is 4.49. The third-order valence-electron chi connectivity index (χ3n) is 5.96. The van der Waals surface area contributed by atoms with Gasteiger partial charge in [0, 0.05) is 5.56 Å². The van der Waals surface area contributed by atoms with Crippen LogP contribution in [0.25, 0.3) is 0 Å². The lowest BCUT2D eigenvalue weighted by Gasteiger charge is -2.14. The molecule has 0 aliphatic rings. The number of hydrogen-bond donors (Lipinski definition) is 1. The molecule has 4 aromatic carbocycles. The van der Waals surface area contributed by atoms with Crippen molar-refractivity contribution in [3.05, 3.63) is 118 Å². The normalized spacial score (nSPS) is 10.8. The largest absolute Gasteiger partial charge is 0.490 e. The zero-order chi connectivity index (χ0) is 29.0. The van der Waals surface area contributed by atoms with E-state index in [2.05, 4.69) is 10.5 Å². The number of halogens is 1. The Labute approximate surface area is 245 Å². The molecule has 0 unspecified atom stereocenters. The van der Waals surface area contributed by atoms with E-state index < -0.39 is 5.91 Å².